The van der Waals surface area contributed by atoms with Gasteiger partial charge in [-0.15, -0.1) is 0 Å². The molecule has 1 fully saturated rings. The zero-order valence-electron chi connectivity index (χ0n) is 14.8. The van der Waals surface area contributed by atoms with Crippen molar-refractivity contribution in [3.8, 4) is 0 Å². The first kappa shape index (κ1) is 17.8. The molecule has 2 atom stereocenters. The number of aryl methyl sites for hydroxylation is 1. The number of carbonyl (C=O) groups excluding carboxylic acids is 1. The molecular weight excluding hydrogens is 288 g/mol. The Hall–Kier alpha value is -1.55. The molecule has 2 rings (SSSR count). The number of rotatable bonds is 5. The average Bonchev–Trinajstić information content (AvgIpc) is 2.84. The van der Waals surface area contributed by atoms with Gasteiger partial charge in [0.05, 0.1) is 0 Å². The molecule has 1 aliphatic rings. The van der Waals surface area contributed by atoms with E-state index in [1.54, 1.807) is 0 Å². The van der Waals surface area contributed by atoms with E-state index in [2.05, 4.69) is 41.8 Å². The molecule has 0 aromatic heterocycles. The van der Waals surface area contributed by atoms with Crippen LogP contribution in [0.2, 0.25) is 0 Å². The number of nitrogens with one attached hydrogen (secondary N) is 2. The summed E-state index contributed by atoms with van der Waals surface area (Å²) in [7, 11) is 0. The molecule has 2 unspecified atom stereocenters. The Morgan fingerprint density at radius 1 is 1.26 bits per heavy atom. The highest BCUT2D eigenvalue weighted by molar-refractivity contribution is 5.68. The summed E-state index contributed by atoms with van der Waals surface area (Å²) in [4.78, 5) is 11.8. The van der Waals surface area contributed by atoms with Crippen molar-refractivity contribution in [3.05, 3.63) is 35.4 Å². The van der Waals surface area contributed by atoms with Crippen LogP contribution in [0.5, 0.6) is 0 Å². The van der Waals surface area contributed by atoms with Gasteiger partial charge in [-0.2, -0.15) is 0 Å². The third-order valence-electron chi connectivity index (χ3n) is 4.08. The van der Waals surface area contributed by atoms with Crippen molar-refractivity contribution in [1.29, 1.82) is 0 Å². The van der Waals surface area contributed by atoms with Gasteiger partial charge >= 0.3 is 6.09 Å². The molecular formula is C19H30N2O2. The second-order valence-electron chi connectivity index (χ2n) is 7.55. The summed E-state index contributed by atoms with van der Waals surface area (Å²) in [6, 6.07) is 9.36. The molecule has 128 valence electrons. The van der Waals surface area contributed by atoms with E-state index in [1.807, 2.05) is 20.8 Å². The van der Waals surface area contributed by atoms with Crippen molar-refractivity contribution in [2.75, 3.05) is 6.54 Å². The minimum absolute atomic E-state index is 0.223. The summed E-state index contributed by atoms with van der Waals surface area (Å²) in [5, 5.41) is 6.59. The van der Waals surface area contributed by atoms with Crippen molar-refractivity contribution in [1.82, 2.24) is 10.6 Å². The largest absolute Gasteiger partial charge is 0.444 e. The molecule has 1 saturated carbocycles. The van der Waals surface area contributed by atoms with Crippen LogP contribution >= 0.6 is 0 Å². The summed E-state index contributed by atoms with van der Waals surface area (Å²) in [5.74, 6) is 0. The maximum Gasteiger partial charge on any atom is 0.407 e. The standard InChI is InChI=1S/C19H30N2O2/c1-14-6-5-7-15(12-14)10-11-20-16-8-9-17(13-16)21-18(22)23-19(2,3)4/h5-7,12,16-17,20H,8-11,13H2,1-4H3,(H,21,22). The number of hydrogen-bond acceptors (Lipinski definition) is 3. The molecule has 0 saturated heterocycles. The smallest absolute Gasteiger partial charge is 0.407 e. The van der Waals surface area contributed by atoms with E-state index in [0.29, 0.717) is 6.04 Å². The Kier molecular flexibility index (Phi) is 6.05. The maximum atomic E-state index is 11.8. The lowest BCUT2D eigenvalue weighted by molar-refractivity contribution is 0.0505. The Labute approximate surface area is 140 Å². The number of amides is 1. The number of carbonyl (C=O) groups is 1. The summed E-state index contributed by atoms with van der Waals surface area (Å²) >= 11 is 0. The van der Waals surface area contributed by atoms with E-state index in [1.165, 1.54) is 11.1 Å². The van der Waals surface area contributed by atoms with Crippen molar-refractivity contribution in [2.24, 2.45) is 0 Å². The van der Waals surface area contributed by atoms with Crippen molar-refractivity contribution in [2.45, 2.75) is 71.1 Å². The lowest BCUT2D eigenvalue weighted by atomic mass is 10.1. The predicted octanol–water partition coefficient (Wildman–Crippen LogP) is 3.57. The van der Waals surface area contributed by atoms with E-state index in [0.717, 1.165) is 32.2 Å². The first-order valence-corrected chi connectivity index (χ1v) is 8.60. The van der Waals surface area contributed by atoms with Gasteiger partial charge in [-0.05, 0) is 65.5 Å². The molecule has 1 aromatic rings. The third kappa shape index (κ3) is 6.61. The quantitative estimate of drug-likeness (QED) is 0.872. The molecule has 0 aliphatic heterocycles. The molecule has 0 radical (unpaired) electrons. The molecule has 4 nitrogen and oxygen atoms in total. The van der Waals surface area contributed by atoms with Gasteiger partial charge in [-0.25, -0.2) is 4.79 Å². The normalized spacial score (nSPS) is 21.2. The second kappa shape index (κ2) is 7.82. The zero-order valence-corrected chi connectivity index (χ0v) is 14.8. The van der Waals surface area contributed by atoms with Crippen LogP contribution in [0.4, 0.5) is 4.79 Å². The number of benzene rings is 1. The second-order valence-corrected chi connectivity index (χ2v) is 7.55. The van der Waals surface area contributed by atoms with Crippen LogP contribution in [0, 0.1) is 6.92 Å². The number of alkyl carbamates (subject to hydrolysis) is 1. The molecule has 2 N–H and O–H groups in total. The van der Waals surface area contributed by atoms with E-state index >= 15 is 0 Å². The van der Waals surface area contributed by atoms with Crippen LogP contribution in [0.3, 0.4) is 0 Å². The molecule has 23 heavy (non-hydrogen) atoms. The Bertz CT molecular complexity index is 522. The van der Waals surface area contributed by atoms with Gasteiger partial charge in [0.2, 0.25) is 0 Å². The van der Waals surface area contributed by atoms with Gasteiger partial charge in [0.15, 0.2) is 0 Å². The average molecular weight is 318 g/mol. The minimum atomic E-state index is -0.436. The fraction of sp³-hybridized carbons (Fsp3) is 0.632. The monoisotopic (exact) mass is 318 g/mol. The van der Waals surface area contributed by atoms with Crippen LogP contribution in [0.15, 0.2) is 24.3 Å². The van der Waals surface area contributed by atoms with E-state index < -0.39 is 5.60 Å². The van der Waals surface area contributed by atoms with Gasteiger partial charge in [-0.3, -0.25) is 0 Å². The fourth-order valence-electron chi connectivity index (χ4n) is 3.06. The molecule has 0 spiro atoms. The summed E-state index contributed by atoms with van der Waals surface area (Å²) < 4.78 is 5.31. The SMILES string of the molecule is Cc1cccc(CCNC2CCC(NC(=O)OC(C)(C)C)C2)c1. The first-order valence-electron chi connectivity index (χ1n) is 8.60. The predicted molar refractivity (Wildman–Crippen MR) is 93.7 cm³/mol. The molecule has 1 aromatic carbocycles. The summed E-state index contributed by atoms with van der Waals surface area (Å²) in [5.41, 5.74) is 2.25. The summed E-state index contributed by atoms with van der Waals surface area (Å²) in [6.07, 6.45) is 3.84. The van der Waals surface area contributed by atoms with E-state index in [-0.39, 0.29) is 12.1 Å². The van der Waals surface area contributed by atoms with Crippen LogP contribution < -0.4 is 10.6 Å². The fourth-order valence-corrected chi connectivity index (χ4v) is 3.06. The van der Waals surface area contributed by atoms with Crippen LogP contribution in [0.1, 0.15) is 51.2 Å². The van der Waals surface area contributed by atoms with Gasteiger partial charge in [0.25, 0.3) is 0 Å². The third-order valence-corrected chi connectivity index (χ3v) is 4.08. The Morgan fingerprint density at radius 3 is 2.70 bits per heavy atom. The number of ether oxygens (including phenoxy) is 1. The lowest BCUT2D eigenvalue weighted by Gasteiger charge is -2.21. The van der Waals surface area contributed by atoms with Crippen molar-refractivity contribution < 1.29 is 9.53 Å². The van der Waals surface area contributed by atoms with Gasteiger partial charge in [0, 0.05) is 12.1 Å². The maximum absolute atomic E-state index is 11.8. The highest BCUT2D eigenvalue weighted by Gasteiger charge is 2.27. The van der Waals surface area contributed by atoms with E-state index in [4.69, 9.17) is 4.74 Å². The van der Waals surface area contributed by atoms with Gasteiger partial charge in [0.1, 0.15) is 5.60 Å². The van der Waals surface area contributed by atoms with Gasteiger partial charge in [-0.1, -0.05) is 29.8 Å². The molecule has 1 amide bonds. The minimum Gasteiger partial charge on any atom is -0.444 e. The van der Waals surface area contributed by atoms with Crippen molar-refractivity contribution in [3.63, 3.8) is 0 Å². The lowest BCUT2D eigenvalue weighted by Crippen LogP contribution is -2.39. The zero-order chi connectivity index (χ0) is 16.9. The van der Waals surface area contributed by atoms with Crippen molar-refractivity contribution >= 4 is 6.09 Å². The summed E-state index contributed by atoms with van der Waals surface area (Å²) in [6.45, 7) is 8.76. The molecule has 4 heteroatoms. The highest BCUT2D eigenvalue weighted by atomic mass is 16.6. The van der Waals surface area contributed by atoms with Gasteiger partial charge < -0.3 is 15.4 Å². The Balaban J connectivity index is 1.66. The van der Waals surface area contributed by atoms with Crippen LogP contribution in [-0.2, 0) is 11.2 Å². The van der Waals surface area contributed by atoms with Crippen LogP contribution in [0.25, 0.3) is 0 Å². The van der Waals surface area contributed by atoms with Crippen LogP contribution in [-0.4, -0.2) is 30.3 Å². The molecule has 0 heterocycles. The topological polar surface area (TPSA) is 50.4 Å². The molecule has 1 aliphatic carbocycles. The highest BCUT2D eigenvalue weighted by Crippen LogP contribution is 2.20. The van der Waals surface area contributed by atoms with E-state index in [9.17, 15) is 4.79 Å². The number of hydrogen-bond donors (Lipinski definition) is 2. The Morgan fingerprint density at radius 2 is 2.00 bits per heavy atom. The molecule has 0 bridgehead atoms. The first-order chi connectivity index (χ1) is 10.8.